The first-order valence-corrected chi connectivity index (χ1v) is 10.1. The van der Waals surface area contributed by atoms with Crippen molar-refractivity contribution >= 4 is 44.5 Å². The molecule has 7 heteroatoms. The van der Waals surface area contributed by atoms with Crippen molar-refractivity contribution in [2.75, 3.05) is 0 Å². The molecule has 3 aromatic carbocycles. The van der Waals surface area contributed by atoms with Crippen molar-refractivity contribution in [2.24, 2.45) is 0 Å². The SMILES string of the molecule is O=C1c2ccccc2C(=O)c2c1c(C(=O)C(F)(F)F)n1c2ccc2c3ccccc3ccc21. The summed E-state index contributed by atoms with van der Waals surface area (Å²) in [5, 5.41) is 2.24. The molecule has 6 rings (SSSR count). The number of ketones is 3. The standard InChI is InChI=1S/C26H12F3NO3/c27-26(28,29)25(33)22-21-20(23(31)16-7-3-4-8-17(16)24(21)32)19-12-10-15-14-6-2-1-5-13(14)9-11-18(15)30(19)22/h1-12H. The Labute approximate surface area is 183 Å². The maximum absolute atomic E-state index is 13.7. The molecule has 0 spiro atoms. The van der Waals surface area contributed by atoms with Crippen LogP contribution in [0.15, 0.2) is 72.8 Å². The fourth-order valence-corrected chi connectivity index (χ4v) is 4.76. The molecule has 0 aliphatic heterocycles. The quantitative estimate of drug-likeness (QED) is 0.240. The predicted molar refractivity (Wildman–Crippen MR) is 116 cm³/mol. The molecule has 5 aromatic rings. The van der Waals surface area contributed by atoms with Gasteiger partial charge in [0.2, 0.25) is 0 Å². The number of carbonyl (C=O) groups is 3. The Kier molecular flexibility index (Phi) is 3.76. The molecule has 2 aromatic heterocycles. The zero-order valence-corrected chi connectivity index (χ0v) is 16.7. The molecule has 2 heterocycles. The number of hydrogen-bond donors (Lipinski definition) is 0. The van der Waals surface area contributed by atoms with Gasteiger partial charge in [0.1, 0.15) is 5.69 Å². The molecule has 1 aliphatic carbocycles. The number of carbonyl (C=O) groups excluding carboxylic acids is 3. The first kappa shape index (κ1) is 19.4. The maximum atomic E-state index is 13.7. The van der Waals surface area contributed by atoms with Crippen molar-refractivity contribution in [1.29, 1.82) is 0 Å². The van der Waals surface area contributed by atoms with Crippen LogP contribution in [0.1, 0.15) is 42.3 Å². The van der Waals surface area contributed by atoms with E-state index in [2.05, 4.69) is 0 Å². The number of halogens is 3. The van der Waals surface area contributed by atoms with Crippen molar-refractivity contribution < 1.29 is 27.6 Å². The number of hydrogen-bond acceptors (Lipinski definition) is 3. The number of Topliss-reactive ketones (excluding diaryl/α,β-unsaturated/α-hetero) is 1. The van der Waals surface area contributed by atoms with Gasteiger partial charge in [0.05, 0.1) is 22.2 Å². The van der Waals surface area contributed by atoms with E-state index < -0.39 is 34.8 Å². The highest BCUT2D eigenvalue weighted by Gasteiger charge is 2.46. The molecule has 160 valence electrons. The third-order valence-corrected chi connectivity index (χ3v) is 6.15. The molecule has 0 N–H and O–H groups in total. The number of nitrogens with zero attached hydrogens (tertiary/aromatic N) is 1. The summed E-state index contributed by atoms with van der Waals surface area (Å²) in [6, 6.07) is 19.8. The summed E-state index contributed by atoms with van der Waals surface area (Å²) in [7, 11) is 0. The summed E-state index contributed by atoms with van der Waals surface area (Å²) in [4.78, 5) is 39.4. The fourth-order valence-electron chi connectivity index (χ4n) is 4.76. The summed E-state index contributed by atoms with van der Waals surface area (Å²) in [5.74, 6) is -3.52. The molecule has 0 amide bonds. The Bertz CT molecular complexity index is 1710. The normalized spacial score (nSPS) is 13.5. The van der Waals surface area contributed by atoms with Gasteiger partial charge in [-0.05, 0) is 22.9 Å². The van der Waals surface area contributed by atoms with Crippen LogP contribution >= 0.6 is 0 Å². The van der Waals surface area contributed by atoms with Crippen molar-refractivity contribution in [3.63, 3.8) is 0 Å². The average molecular weight is 443 g/mol. The van der Waals surface area contributed by atoms with Gasteiger partial charge in [0.25, 0.3) is 5.78 Å². The summed E-state index contributed by atoms with van der Waals surface area (Å²) < 4.78 is 42.3. The first-order chi connectivity index (χ1) is 15.8. The number of fused-ring (bicyclic) bond motifs is 8. The monoisotopic (exact) mass is 443 g/mol. The van der Waals surface area contributed by atoms with E-state index in [9.17, 15) is 27.6 Å². The van der Waals surface area contributed by atoms with E-state index >= 15 is 0 Å². The van der Waals surface area contributed by atoms with E-state index in [0.29, 0.717) is 10.9 Å². The molecule has 0 unspecified atom stereocenters. The van der Waals surface area contributed by atoms with Gasteiger partial charge >= 0.3 is 6.18 Å². The average Bonchev–Trinajstić information content (AvgIpc) is 3.17. The van der Waals surface area contributed by atoms with Gasteiger partial charge in [-0.1, -0.05) is 60.7 Å². The number of alkyl halides is 3. The van der Waals surface area contributed by atoms with Gasteiger partial charge in [-0.15, -0.1) is 0 Å². The Morgan fingerprint density at radius 2 is 1.27 bits per heavy atom. The van der Waals surface area contributed by atoms with Gasteiger partial charge in [-0.2, -0.15) is 13.2 Å². The topological polar surface area (TPSA) is 55.6 Å². The molecule has 4 nitrogen and oxygen atoms in total. The largest absolute Gasteiger partial charge is 0.456 e. The Balaban J connectivity index is 1.84. The van der Waals surface area contributed by atoms with E-state index in [-0.39, 0.29) is 22.2 Å². The van der Waals surface area contributed by atoms with Crippen LogP contribution in [-0.2, 0) is 0 Å². The maximum Gasteiger partial charge on any atom is 0.456 e. The van der Waals surface area contributed by atoms with Crippen LogP contribution in [0.4, 0.5) is 13.2 Å². The molecular weight excluding hydrogens is 431 g/mol. The van der Waals surface area contributed by atoms with Gasteiger partial charge in [-0.3, -0.25) is 14.4 Å². The van der Waals surface area contributed by atoms with Gasteiger partial charge in [0, 0.05) is 16.5 Å². The molecule has 33 heavy (non-hydrogen) atoms. The second-order valence-corrected chi connectivity index (χ2v) is 7.90. The highest BCUT2D eigenvalue weighted by molar-refractivity contribution is 6.34. The van der Waals surface area contributed by atoms with E-state index in [0.717, 1.165) is 15.2 Å². The van der Waals surface area contributed by atoms with Crippen LogP contribution in [0.5, 0.6) is 0 Å². The van der Waals surface area contributed by atoms with E-state index in [1.165, 1.54) is 24.3 Å². The third kappa shape index (κ3) is 2.50. The minimum absolute atomic E-state index is 0.0168. The highest BCUT2D eigenvalue weighted by atomic mass is 19.4. The lowest BCUT2D eigenvalue weighted by Gasteiger charge is -2.15. The van der Waals surface area contributed by atoms with Crippen molar-refractivity contribution in [3.8, 4) is 0 Å². The Morgan fingerprint density at radius 1 is 0.667 bits per heavy atom. The highest BCUT2D eigenvalue weighted by Crippen LogP contribution is 2.39. The Morgan fingerprint density at radius 3 is 1.97 bits per heavy atom. The lowest BCUT2D eigenvalue weighted by atomic mass is 9.84. The predicted octanol–water partition coefficient (Wildman–Crippen LogP) is 5.77. The molecular formula is C26H12F3NO3. The van der Waals surface area contributed by atoms with E-state index in [4.69, 9.17) is 0 Å². The molecule has 0 saturated carbocycles. The molecule has 0 bridgehead atoms. The molecule has 0 saturated heterocycles. The van der Waals surface area contributed by atoms with Crippen LogP contribution < -0.4 is 0 Å². The lowest BCUT2D eigenvalue weighted by molar-refractivity contribution is -0.0888. The lowest BCUT2D eigenvalue weighted by Crippen LogP contribution is -2.28. The fraction of sp³-hybridized carbons (Fsp3) is 0.0385. The molecule has 1 aliphatic rings. The number of aromatic nitrogens is 1. The smallest absolute Gasteiger partial charge is 0.305 e. The van der Waals surface area contributed by atoms with Crippen LogP contribution in [-0.4, -0.2) is 27.9 Å². The summed E-state index contributed by atoms with van der Waals surface area (Å²) in [5.41, 5.74) is -1.03. The summed E-state index contributed by atoms with van der Waals surface area (Å²) in [6.07, 6.45) is -5.23. The minimum Gasteiger partial charge on any atom is -0.305 e. The molecule has 0 atom stereocenters. The van der Waals surface area contributed by atoms with Gasteiger partial charge < -0.3 is 4.40 Å². The van der Waals surface area contributed by atoms with Crippen LogP contribution in [0.25, 0.3) is 27.2 Å². The summed E-state index contributed by atoms with van der Waals surface area (Å²) >= 11 is 0. The van der Waals surface area contributed by atoms with Gasteiger partial charge in [0.15, 0.2) is 11.6 Å². The van der Waals surface area contributed by atoms with E-state index in [1.807, 2.05) is 18.2 Å². The van der Waals surface area contributed by atoms with Crippen LogP contribution in [0.2, 0.25) is 0 Å². The number of pyridine rings is 1. The first-order valence-electron chi connectivity index (χ1n) is 10.1. The van der Waals surface area contributed by atoms with Crippen LogP contribution in [0.3, 0.4) is 0 Å². The molecule has 0 radical (unpaired) electrons. The molecule has 0 fully saturated rings. The number of rotatable bonds is 1. The van der Waals surface area contributed by atoms with Crippen molar-refractivity contribution in [1.82, 2.24) is 4.40 Å². The zero-order valence-electron chi connectivity index (χ0n) is 16.7. The number of benzene rings is 3. The minimum atomic E-state index is -5.23. The van der Waals surface area contributed by atoms with Crippen LogP contribution in [0, 0.1) is 0 Å². The third-order valence-electron chi connectivity index (χ3n) is 6.15. The van der Waals surface area contributed by atoms with Crippen molar-refractivity contribution in [2.45, 2.75) is 6.18 Å². The second-order valence-electron chi connectivity index (χ2n) is 7.90. The second kappa shape index (κ2) is 6.38. The van der Waals surface area contributed by atoms with Gasteiger partial charge in [-0.25, -0.2) is 0 Å². The Hall–Kier alpha value is -4.26. The van der Waals surface area contributed by atoms with E-state index in [1.54, 1.807) is 30.3 Å². The van der Waals surface area contributed by atoms with Crippen molar-refractivity contribution in [3.05, 3.63) is 101 Å². The summed E-state index contributed by atoms with van der Waals surface area (Å²) in [6.45, 7) is 0. The zero-order chi connectivity index (χ0) is 23.1.